The fourth-order valence-corrected chi connectivity index (χ4v) is 2.99. The first-order valence-corrected chi connectivity index (χ1v) is 7.33. The maximum atomic E-state index is 12.9. The van der Waals surface area contributed by atoms with Gasteiger partial charge in [0.05, 0.1) is 0 Å². The van der Waals surface area contributed by atoms with Crippen molar-refractivity contribution in [1.29, 1.82) is 0 Å². The lowest BCUT2D eigenvalue weighted by Crippen LogP contribution is -2.46. The number of rotatable bonds is 3. The minimum atomic E-state index is -4.37. The Labute approximate surface area is 121 Å². The number of aromatic nitrogens is 2. The monoisotopic (exact) mass is 303 g/mol. The van der Waals surface area contributed by atoms with Gasteiger partial charge in [0.25, 0.3) is 0 Å². The van der Waals surface area contributed by atoms with Gasteiger partial charge in [-0.1, -0.05) is 0 Å². The normalized spacial score (nSPS) is 21.5. The highest BCUT2D eigenvalue weighted by molar-refractivity contribution is 5.29. The van der Waals surface area contributed by atoms with Crippen molar-refractivity contribution in [3.8, 4) is 0 Å². The smallest absolute Gasteiger partial charge is 0.314 e. The van der Waals surface area contributed by atoms with E-state index in [1.807, 2.05) is 0 Å². The van der Waals surface area contributed by atoms with Gasteiger partial charge >= 0.3 is 6.18 Å². The molecule has 5 nitrogen and oxygen atoms in total. The zero-order valence-corrected chi connectivity index (χ0v) is 11.8. The van der Waals surface area contributed by atoms with E-state index < -0.39 is 11.9 Å². The van der Waals surface area contributed by atoms with Gasteiger partial charge in [-0.3, -0.25) is 14.9 Å². The van der Waals surface area contributed by atoms with E-state index in [0.29, 0.717) is 24.2 Å². The zero-order valence-electron chi connectivity index (χ0n) is 11.8. The molecule has 2 N–H and O–H groups in total. The van der Waals surface area contributed by atoms with E-state index in [1.54, 1.807) is 0 Å². The molecule has 1 aromatic heterocycles. The highest BCUT2D eigenvalue weighted by Crippen LogP contribution is 2.33. The van der Waals surface area contributed by atoms with Gasteiger partial charge in [0.2, 0.25) is 0 Å². The lowest BCUT2D eigenvalue weighted by Gasteiger charge is -2.32. The van der Waals surface area contributed by atoms with Crippen molar-refractivity contribution in [3.05, 3.63) is 17.0 Å². The van der Waals surface area contributed by atoms with Crippen LogP contribution in [0.5, 0.6) is 0 Å². The molecule has 3 heterocycles. The van der Waals surface area contributed by atoms with Gasteiger partial charge in [-0.15, -0.1) is 0 Å². The van der Waals surface area contributed by atoms with E-state index in [9.17, 15) is 13.2 Å². The van der Waals surface area contributed by atoms with Gasteiger partial charge in [0.15, 0.2) is 5.69 Å². The van der Waals surface area contributed by atoms with E-state index in [1.165, 1.54) is 0 Å². The minimum Gasteiger partial charge on any atom is -0.314 e. The molecule has 0 spiro atoms. The van der Waals surface area contributed by atoms with Crippen LogP contribution in [-0.2, 0) is 19.1 Å². The third-order valence-corrected chi connectivity index (χ3v) is 4.22. The summed E-state index contributed by atoms with van der Waals surface area (Å²) in [7, 11) is 0. The summed E-state index contributed by atoms with van der Waals surface area (Å²) in [5.41, 5.74) is 0.221. The van der Waals surface area contributed by atoms with Gasteiger partial charge in [0, 0.05) is 70.0 Å². The molecule has 21 heavy (non-hydrogen) atoms. The number of nitrogens with one attached hydrogen (secondary N) is 2. The van der Waals surface area contributed by atoms with Crippen LogP contribution in [0.3, 0.4) is 0 Å². The van der Waals surface area contributed by atoms with Crippen molar-refractivity contribution in [2.45, 2.75) is 19.1 Å². The Morgan fingerprint density at radius 1 is 1.05 bits per heavy atom. The molecule has 2 aliphatic heterocycles. The number of piperazine rings is 1. The molecule has 0 bridgehead atoms. The Hall–Kier alpha value is -1.12. The Kier molecular flexibility index (Phi) is 4.19. The Morgan fingerprint density at radius 3 is 2.48 bits per heavy atom. The van der Waals surface area contributed by atoms with Crippen molar-refractivity contribution in [1.82, 2.24) is 25.3 Å². The van der Waals surface area contributed by atoms with Crippen molar-refractivity contribution < 1.29 is 13.2 Å². The third-order valence-electron chi connectivity index (χ3n) is 4.22. The topological polar surface area (TPSA) is 47.2 Å². The first kappa shape index (κ1) is 14.8. The van der Waals surface area contributed by atoms with E-state index in [0.717, 1.165) is 45.8 Å². The second kappa shape index (κ2) is 5.94. The molecule has 0 atom stereocenters. The third kappa shape index (κ3) is 3.38. The lowest BCUT2D eigenvalue weighted by atomic mass is 10.1. The summed E-state index contributed by atoms with van der Waals surface area (Å²) in [6.45, 7) is 6.86. The molecule has 1 fully saturated rings. The molecule has 0 unspecified atom stereocenters. The van der Waals surface area contributed by atoms with Crippen LogP contribution in [0, 0.1) is 0 Å². The molecule has 1 saturated heterocycles. The predicted octanol–water partition coefficient (Wildman–Crippen LogP) is 0.692. The van der Waals surface area contributed by atoms with E-state index >= 15 is 0 Å². The number of alkyl halides is 3. The molecule has 3 rings (SSSR count). The van der Waals surface area contributed by atoms with Gasteiger partial charge in [-0.2, -0.15) is 18.3 Å². The Balaban J connectivity index is 1.60. The van der Waals surface area contributed by atoms with Gasteiger partial charge in [-0.25, -0.2) is 0 Å². The van der Waals surface area contributed by atoms with Crippen LogP contribution in [0.15, 0.2) is 0 Å². The summed E-state index contributed by atoms with van der Waals surface area (Å²) in [6.07, 6.45) is -3.76. The second-order valence-corrected chi connectivity index (χ2v) is 5.64. The average Bonchev–Trinajstić information content (AvgIpc) is 2.89. The van der Waals surface area contributed by atoms with Crippen molar-refractivity contribution >= 4 is 0 Å². The van der Waals surface area contributed by atoms with Crippen LogP contribution in [0.25, 0.3) is 0 Å². The maximum Gasteiger partial charge on any atom is 0.435 e. The number of H-pyrrole nitrogens is 1. The average molecular weight is 303 g/mol. The summed E-state index contributed by atoms with van der Waals surface area (Å²) < 4.78 is 38.7. The minimum absolute atomic E-state index is 0.328. The quantitative estimate of drug-likeness (QED) is 0.863. The number of fused-ring (bicyclic) bond motifs is 1. The standard InChI is InChI=1S/C13H20F3N5/c14-13(15,16)12-10-9-21(4-1-11(10)18-19-12)8-7-20-5-2-17-3-6-20/h17H,1-9H2,(H,18,19). The highest BCUT2D eigenvalue weighted by atomic mass is 19.4. The molecule has 0 aliphatic carbocycles. The molecule has 0 saturated carbocycles. The van der Waals surface area contributed by atoms with Crippen molar-refractivity contribution in [2.24, 2.45) is 0 Å². The van der Waals surface area contributed by atoms with Crippen LogP contribution in [-0.4, -0.2) is 65.8 Å². The van der Waals surface area contributed by atoms with E-state index in [2.05, 4.69) is 25.3 Å². The first-order valence-electron chi connectivity index (χ1n) is 7.33. The van der Waals surface area contributed by atoms with E-state index in [-0.39, 0.29) is 0 Å². The molecule has 1 aromatic rings. The summed E-state index contributed by atoms with van der Waals surface area (Å²) in [5, 5.41) is 9.30. The Morgan fingerprint density at radius 2 is 1.76 bits per heavy atom. The highest BCUT2D eigenvalue weighted by Gasteiger charge is 2.39. The fourth-order valence-electron chi connectivity index (χ4n) is 2.99. The molecular formula is C13H20F3N5. The Bertz CT molecular complexity index is 479. The molecule has 0 radical (unpaired) electrons. The van der Waals surface area contributed by atoms with E-state index in [4.69, 9.17) is 0 Å². The predicted molar refractivity (Wildman–Crippen MR) is 71.9 cm³/mol. The van der Waals surface area contributed by atoms with Crippen LogP contribution in [0.4, 0.5) is 13.2 Å². The SMILES string of the molecule is FC(F)(F)c1n[nH]c2c1CN(CCN1CCNCC1)CC2. The number of halogens is 3. The molecule has 0 amide bonds. The summed E-state index contributed by atoms with van der Waals surface area (Å²) in [6, 6.07) is 0. The number of aromatic amines is 1. The number of hydrogen-bond acceptors (Lipinski definition) is 4. The lowest BCUT2D eigenvalue weighted by molar-refractivity contribution is -0.142. The summed E-state index contributed by atoms with van der Waals surface area (Å²) >= 11 is 0. The van der Waals surface area contributed by atoms with Crippen LogP contribution in [0.2, 0.25) is 0 Å². The van der Waals surface area contributed by atoms with Gasteiger partial charge in [-0.05, 0) is 0 Å². The van der Waals surface area contributed by atoms with Crippen LogP contribution >= 0.6 is 0 Å². The number of hydrogen-bond donors (Lipinski definition) is 2. The molecule has 0 aromatic carbocycles. The zero-order chi connectivity index (χ0) is 14.9. The maximum absolute atomic E-state index is 12.9. The van der Waals surface area contributed by atoms with Crippen molar-refractivity contribution in [2.75, 3.05) is 45.8 Å². The van der Waals surface area contributed by atoms with Crippen LogP contribution in [0.1, 0.15) is 17.0 Å². The molecule has 118 valence electrons. The number of nitrogens with zero attached hydrogens (tertiary/aromatic N) is 3. The van der Waals surface area contributed by atoms with Gasteiger partial charge < -0.3 is 5.32 Å². The largest absolute Gasteiger partial charge is 0.435 e. The van der Waals surface area contributed by atoms with Crippen LogP contribution < -0.4 is 5.32 Å². The van der Waals surface area contributed by atoms with Crippen molar-refractivity contribution in [3.63, 3.8) is 0 Å². The second-order valence-electron chi connectivity index (χ2n) is 5.64. The fraction of sp³-hybridized carbons (Fsp3) is 0.769. The molecular weight excluding hydrogens is 283 g/mol. The molecule has 8 heteroatoms. The van der Waals surface area contributed by atoms with Gasteiger partial charge in [0.1, 0.15) is 0 Å². The molecule has 2 aliphatic rings. The summed E-state index contributed by atoms with van der Waals surface area (Å²) in [4.78, 5) is 4.45. The summed E-state index contributed by atoms with van der Waals surface area (Å²) in [5.74, 6) is 0. The first-order chi connectivity index (χ1) is 10.0.